The van der Waals surface area contributed by atoms with Crippen LogP contribution in [-0.2, 0) is 0 Å². The summed E-state index contributed by atoms with van der Waals surface area (Å²) in [6, 6.07) is 3.99. The van der Waals surface area contributed by atoms with Gasteiger partial charge in [0, 0.05) is 30.7 Å². The maximum Gasteiger partial charge on any atom is 0.310 e. The van der Waals surface area contributed by atoms with Crippen LogP contribution in [0, 0.1) is 22.0 Å². The van der Waals surface area contributed by atoms with E-state index >= 15 is 0 Å². The Hall–Kier alpha value is -2.55. The molecule has 6 nitrogen and oxygen atoms in total. The van der Waals surface area contributed by atoms with Crippen molar-refractivity contribution in [3.05, 3.63) is 33.9 Å². The average molecular weight is 262 g/mol. The molecule has 0 aromatic heterocycles. The standard InChI is InChI=1S/C13H14N2O4/c1-3-4-5-8-14-13(16)10-6-7-11(15(17)18)12(9-10)19-2/h6-7,9H,5,8H2,1-2H3,(H,14,16). The van der Waals surface area contributed by atoms with E-state index in [1.54, 1.807) is 6.92 Å². The molecule has 0 atom stereocenters. The van der Waals surface area contributed by atoms with Gasteiger partial charge in [0.1, 0.15) is 0 Å². The molecule has 0 aliphatic carbocycles. The highest BCUT2D eigenvalue weighted by atomic mass is 16.6. The number of methoxy groups -OCH3 is 1. The third-order valence-electron chi connectivity index (χ3n) is 2.35. The highest BCUT2D eigenvalue weighted by Gasteiger charge is 2.17. The molecule has 1 rings (SSSR count). The maximum absolute atomic E-state index is 11.8. The number of nitrogens with zero attached hydrogens (tertiary/aromatic N) is 1. The van der Waals surface area contributed by atoms with E-state index in [1.807, 2.05) is 0 Å². The number of hydrogen-bond donors (Lipinski definition) is 1. The van der Waals surface area contributed by atoms with Gasteiger partial charge in [0.15, 0.2) is 5.75 Å². The molecule has 1 N–H and O–H groups in total. The normalized spacial score (nSPS) is 9.16. The van der Waals surface area contributed by atoms with Crippen LogP contribution in [0.5, 0.6) is 5.75 Å². The van der Waals surface area contributed by atoms with Gasteiger partial charge in [-0.15, -0.1) is 11.8 Å². The van der Waals surface area contributed by atoms with Gasteiger partial charge in [-0.05, 0) is 13.0 Å². The Balaban J connectivity index is 2.80. The third-order valence-corrected chi connectivity index (χ3v) is 2.35. The second-order valence-corrected chi connectivity index (χ2v) is 3.58. The van der Waals surface area contributed by atoms with Crippen LogP contribution >= 0.6 is 0 Å². The van der Waals surface area contributed by atoms with Crippen molar-refractivity contribution < 1.29 is 14.5 Å². The van der Waals surface area contributed by atoms with Gasteiger partial charge in [0.2, 0.25) is 0 Å². The topological polar surface area (TPSA) is 81.5 Å². The van der Waals surface area contributed by atoms with Crippen LogP contribution in [0.25, 0.3) is 0 Å². The molecule has 0 unspecified atom stereocenters. The molecule has 0 radical (unpaired) electrons. The molecule has 0 fully saturated rings. The van der Waals surface area contributed by atoms with Gasteiger partial charge in [-0.2, -0.15) is 0 Å². The number of ether oxygens (including phenoxy) is 1. The van der Waals surface area contributed by atoms with Gasteiger partial charge in [-0.1, -0.05) is 0 Å². The van der Waals surface area contributed by atoms with E-state index in [9.17, 15) is 14.9 Å². The van der Waals surface area contributed by atoms with Crippen molar-refractivity contribution in [1.82, 2.24) is 5.32 Å². The summed E-state index contributed by atoms with van der Waals surface area (Å²) in [6.07, 6.45) is 0.562. The van der Waals surface area contributed by atoms with Crippen molar-refractivity contribution in [1.29, 1.82) is 0 Å². The highest BCUT2D eigenvalue weighted by Crippen LogP contribution is 2.27. The molecule has 19 heavy (non-hydrogen) atoms. The molecule has 100 valence electrons. The minimum atomic E-state index is -0.558. The van der Waals surface area contributed by atoms with E-state index < -0.39 is 4.92 Å². The number of rotatable bonds is 5. The number of benzene rings is 1. The second-order valence-electron chi connectivity index (χ2n) is 3.58. The predicted molar refractivity (Wildman–Crippen MR) is 70.0 cm³/mol. The minimum Gasteiger partial charge on any atom is -0.490 e. The molecule has 1 amide bonds. The quantitative estimate of drug-likeness (QED) is 0.379. The Bertz CT molecular complexity index is 543. The average Bonchev–Trinajstić information content (AvgIpc) is 2.42. The van der Waals surface area contributed by atoms with Crippen LogP contribution < -0.4 is 10.1 Å². The van der Waals surface area contributed by atoms with Crippen LogP contribution in [0.3, 0.4) is 0 Å². The molecule has 0 heterocycles. The summed E-state index contributed by atoms with van der Waals surface area (Å²) in [5.41, 5.74) is 0.141. The molecule has 0 bridgehead atoms. The predicted octanol–water partition coefficient (Wildman–Crippen LogP) is 1.75. The van der Waals surface area contributed by atoms with Crippen molar-refractivity contribution in [3.8, 4) is 17.6 Å². The van der Waals surface area contributed by atoms with E-state index in [0.717, 1.165) is 0 Å². The lowest BCUT2D eigenvalue weighted by Crippen LogP contribution is -2.24. The van der Waals surface area contributed by atoms with Crippen molar-refractivity contribution >= 4 is 11.6 Å². The monoisotopic (exact) mass is 262 g/mol. The van der Waals surface area contributed by atoms with Crippen LogP contribution in [0.4, 0.5) is 5.69 Å². The van der Waals surface area contributed by atoms with Gasteiger partial charge in [0.05, 0.1) is 12.0 Å². The fraction of sp³-hybridized carbons (Fsp3) is 0.308. The first-order chi connectivity index (χ1) is 9.10. The number of carbonyl (C=O) groups is 1. The Kier molecular flexibility index (Phi) is 5.35. The highest BCUT2D eigenvalue weighted by molar-refractivity contribution is 5.95. The fourth-order valence-electron chi connectivity index (χ4n) is 1.44. The summed E-state index contributed by atoms with van der Waals surface area (Å²) in [5.74, 6) is 5.29. The maximum atomic E-state index is 11.8. The van der Waals surface area contributed by atoms with Gasteiger partial charge in [-0.3, -0.25) is 14.9 Å². The molecule has 0 saturated carbocycles. The second kappa shape index (κ2) is 7.01. The Labute approximate surface area is 110 Å². The molecular weight excluding hydrogens is 248 g/mol. The lowest BCUT2D eigenvalue weighted by Gasteiger charge is -2.06. The zero-order chi connectivity index (χ0) is 14.3. The van der Waals surface area contributed by atoms with E-state index in [2.05, 4.69) is 17.2 Å². The summed E-state index contributed by atoms with van der Waals surface area (Å²) < 4.78 is 4.90. The van der Waals surface area contributed by atoms with Gasteiger partial charge < -0.3 is 10.1 Å². The number of amides is 1. The van der Waals surface area contributed by atoms with E-state index in [1.165, 1.54) is 25.3 Å². The van der Waals surface area contributed by atoms with Crippen molar-refractivity contribution in [2.45, 2.75) is 13.3 Å². The minimum absolute atomic E-state index is 0.0611. The smallest absolute Gasteiger partial charge is 0.310 e. The summed E-state index contributed by atoms with van der Waals surface area (Å²) in [7, 11) is 1.32. The number of hydrogen-bond acceptors (Lipinski definition) is 4. The molecule has 0 saturated heterocycles. The molecule has 0 spiro atoms. The number of nitro groups is 1. The summed E-state index contributed by atoms with van der Waals surface area (Å²) >= 11 is 0. The van der Waals surface area contributed by atoms with Gasteiger partial charge >= 0.3 is 5.69 Å². The van der Waals surface area contributed by atoms with E-state index in [4.69, 9.17) is 4.74 Å². The number of nitro benzene ring substituents is 1. The Morgan fingerprint density at radius 1 is 1.53 bits per heavy atom. The molecule has 1 aromatic rings. The lowest BCUT2D eigenvalue weighted by molar-refractivity contribution is -0.385. The first-order valence-corrected chi connectivity index (χ1v) is 5.60. The van der Waals surface area contributed by atoms with Crippen LogP contribution in [-0.4, -0.2) is 24.5 Å². The van der Waals surface area contributed by atoms with Crippen molar-refractivity contribution in [2.24, 2.45) is 0 Å². The molecular formula is C13H14N2O4. The molecule has 0 aliphatic rings. The molecule has 6 heteroatoms. The summed E-state index contributed by atoms with van der Waals surface area (Å²) in [4.78, 5) is 21.9. The summed E-state index contributed by atoms with van der Waals surface area (Å²) in [6.45, 7) is 2.15. The number of carbonyl (C=O) groups excluding carboxylic acids is 1. The van der Waals surface area contributed by atoms with Crippen molar-refractivity contribution in [3.63, 3.8) is 0 Å². The fourth-order valence-corrected chi connectivity index (χ4v) is 1.44. The van der Waals surface area contributed by atoms with E-state index in [-0.39, 0.29) is 17.3 Å². The summed E-state index contributed by atoms with van der Waals surface area (Å²) in [5, 5.41) is 13.4. The van der Waals surface area contributed by atoms with E-state index in [0.29, 0.717) is 18.5 Å². The largest absolute Gasteiger partial charge is 0.490 e. The zero-order valence-corrected chi connectivity index (χ0v) is 10.7. The molecule has 0 aliphatic heterocycles. The molecule has 1 aromatic carbocycles. The van der Waals surface area contributed by atoms with Gasteiger partial charge in [-0.25, -0.2) is 0 Å². The van der Waals surface area contributed by atoms with Crippen molar-refractivity contribution in [2.75, 3.05) is 13.7 Å². The Morgan fingerprint density at radius 3 is 2.84 bits per heavy atom. The first kappa shape index (κ1) is 14.5. The lowest BCUT2D eigenvalue weighted by atomic mass is 10.1. The van der Waals surface area contributed by atoms with Crippen LogP contribution in [0.2, 0.25) is 0 Å². The third kappa shape index (κ3) is 4.00. The SMILES string of the molecule is CC#CCCNC(=O)c1ccc([N+](=O)[O-])c(OC)c1. The van der Waals surface area contributed by atoms with Crippen LogP contribution in [0.15, 0.2) is 18.2 Å². The first-order valence-electron chi connectivity index (χ1n) is 5.60. The van der Waals surface area contributed by atoms with Gasteiger partial charge in [0.25, 0.3) is 5.91 Å². The Morgan fingerprint density at radius 2 is 2.26 bits per heavy atom. The zero-order valence-electron chi connectivity index (χ0n) is 10.7. The van der Waals surface area contributed by atoms with Crippen LogP contribution in [0.1, 0.15) is 23.7 Å². The number of nitrogens with one attached hydrogen (secondary N) is 1.